The van der Waals surface area contributed by atoms with E-state index in [1.54, 1.807) is 0 Å². The maximum atomic E-state index is 11.5. The molecule has 102 valence electrons. The molecule has 2 amide bonds. The maximum absolute atomic E-state index is 11.5. The molecule has 0 bridgehead atoms. The molecule has 5 nitrogen and oxygen atoms in total. The van der Waals surface area contributed by atoms with E-state index < -0.39 is 0 Å². The van der Waals surface area contributed by atoms with Crippen LogP contribution in [0.5, 0.6) is 0 Å². The van der Waals surface area contributed by atoms with Crippen molar-refractivity contribution in [3.63, 3.8) is 0 Å². The van der Waals surface area contributed by atoms with Crippen LogP contribution >= 0.6 is 0 Å². The van der Waals surface area contributed by atoms with Gasteiger partial charge in [0, 0.05) is 25.3 Å². The summed E-state index contributed by atoms with van der Waals surface area (Å²) >= 11 is 0. The van der Waals surface area contributed by atoms with Crippen LogP contribution in [-0.4, -0.2) is 28.4 Å². The van der Waals surface area contributed by atoms with E-state index in [4.69, 9.17) is 0 Å². The normalized spacial score (nSPS) is 12.3. The number of carbonyl (C=O) groups excluding carboxylic acids is 1. The Labute approximate surface area is 109 Å². The van der Waals surface area contributed by atoms with E-state index in [9.17, 15) is 4.79 Å². The molecule has 0 saturated heterocycles. The van der Waals surface area contributed by atoms with E-state index in [0.717, 1.165) is 24.2 Å². The number of hydrogen-bond acceptors (Lipinski definition) is 2. The molecule has 1 atom stereocenters. The minimum Gasteiger partial charge on any atom is -0.338 e. The third kappa shape index (κ3) is 3.75. The summed E-state index contributed by atoms with van der Waals surface area (Å²) in [4.78, 5) is 11.5. The third-order valence-electron chi connectivity index (χ3n) is 3.31. The smallest absolute Gasteiger partial charge is 0.315 e. The van der Waals surface area contributed by atoms with Crippen molar-refractivity contribution in [2.45, 2.75) is 46.6 Å². The van der Waals surface area contributed by atoms with Gasteiger partial charge < -0.3 is 10.6 Å². The number of nitrogens with one attached hydrogen (secondary N) is 2. The lowest BCUT2D eigenvalue weighted by atomic mass is 10.1. The SMILES string of the molecule is CC[C@H](C)NC(=O)NCCc1c(C)nn(C)c1C. The molecule has 0 aliphatic heterocycles. The van der Waals surface area contributed by atoms with Crippen LogP contribution in [0.4, 0.5) is 4.79 Å². The van der Waals surface area contributed by atoms with Crippen LogP contribution in [0, 0.1) is 13.8 Å². The van der Waals surface area contributed by atoms with Gasteiger partial charge in [0.05, 0.1) is 5.69 Å². The summed E-state index contributed by atoms with van der Waals surface area (Å²) in [5.74, 6) is 0. The molecule has 0 saturated carbocycles. The highest BCUT2D eigenvalue weighted by atomic mass is 16.2. The van der Waals surface area contributed by atoms with E-state index in [1.165, 1.54) is 5.56 Å². The standard InChI is InChI=1S/C13H24N4O/c1-6-9(2)15-13(18)14-8-7-12-10(3)16-17(5)11(12)4/h9H,6-8H2,1-5H3,(H2,14,15,18)/t9-/m0/s1. The van der Waals surface area contributed by atoms with E-state index >= 15 is 0 Å². The summed E-state index contributed by atoms with van der Waals surface area (Å²) in [5, 5.41) is 10.1. The molecule has 0 aliphatic rings. The van der Waals surface area contributed by atoms with Gasteiger partial charge in [-0.2, -0.15) is 5.10 Å². The molecule has 0 fully saturated rings. The van der Waals surface area contributed by atoms with Gasteiger partial charge in [-0.05, 0) is 39.2 Å². The largest absolute Gasteiger partial charge is 0.338 e. The van der Waals surface area contributed by atoms with E-state index in [1.807, 2.05) is 32.5 Å². The molecule has 0 radical (unpaired) electrons. The number of nitrogens with zero attached hydrogens (tertiary/aromatic N) is 2. The highest BCUT2D eigenvalue weighted by molar-refractivity contribution is 5.74. The van der Waals surface area contributed by atoms with Gasteiger partial charge >= 0.3 is 6.03 Å². The Bertz CT molecular complexity index is 411. The van der Waals surface area contributed by atoms with Crippen LogP contribution in [0.3, 0.4) is 0 Å². The molecule has 2 N–H and O–H groups in total. The van der Waals surface area contributed by atoms with Crippen molar-refractivity contribution in [3.05, 3.63) is 17.0 Å². The monoisotopic (exact) mass is 252 g/mol. The van der Waals surface area contributed by atoms with Crippen molar-refractivity contribution in [1.82, 2.24) is 20.4 Å². The first-order chi connectivity index (χ1) is 8.45. The number of hydrogen-bond donors (Lipinski definition) is 2. The zero-order valence-electron chi connectivity index (χ0n) is 12.0. The minimum atomic E-state index is -0.0939. The second kappa shape index (κ2) is 6.42. The van der Waals surface area contributed by atoms with Crippen molar-refractivity contribution in [2.75, 3.05) is 6.54 Å². The predicted octanol–water partition coefficient (Wildman–Crippen LogP) is 1.68. The van der Waals surface area contributed by atoms with Gasteiger partial charge in [0.25, 0.3) is 0 Å². The molecule has 5 heteroatoms. The van der Waals surface area contributed by atoms with Crippen LogP contribution in [0.15, 0.2) is 0 Å². The maximum Gasteiger partial charge on any atom is 0.315 e. The summed E-state index contributed by atoms with van der Waals surface area (Å²) < 4.78 is 1.88. The molecule has 18 heavy (non-hydrogen) atoms. The molecular weight excluding hydrogens is 228 g/mol. The topological polar surface area (TPSA) is 59.0 Å². The fraction of sp³-hybridized carbons (Fsp3) is 0.692. The molecule has 1 rings (SSSR count). The zero-order chi connectivity index (χ0) is 13.7. The van der Waals surface area contributed by atoms with Crippen LogP contribution in [0.1, 0.15) is 37.2 Å². The lowest BCUT2D eigenvalue weighted by molar-refractivity contribution is 0.237. The fourth-order valence-corrected chi connectivity index (χ4v) is 1.86. The van der Waals surface area contributed by atoms with Crippen LogP contribution < -0.4 is 10.6 Å². The Morgan fingerprint density at radius 3 is 2.61 bits per heavy atom. The molecule has 0 spiro atoms. The zero-order valence-corrected chi connectivity index (χ0v) is 12.0. The van der Waals surface area contributed by atoms with Gasteiger partial charge in [-0.1, -0.05) is 6.92 Å². The summed E-state index contributed by atoms with van der Waals surface area (Å²) in [5.41, 5.74) is 3.43. The molecule has 1 aromatic rings. The molecule has 0 unspecified atom stereocenters. The van der Waals surface area contributed by atoms with Crippen molar-refractivity contribution in [3.8, 4) is 0 Å². The van der Waals surface area contributed by atoms with Gasteiger partial charge in [0.2, 0.25) is 0 Å². The number of urea groups is 1. The van der Waals surface area contributed by atoms with E-state index in [2.05, 4.69) is 22.7 Å². The highest BCUT2D eigenvalue weighted by Gasteiger charge is 2.09. The average molecular weight is 252 g/mol. The fourth-order valence-electron chi connectivity index (χ4n) is 1.86. The highest BCUT2D eigenvalue weighted by Crippen LogP contribution is 2.11. The Balaban J connectivity index is 2.40. The van der Waals surface area contributed by atoms with Crippen molar-refractivity contribution in [2.24, 2.45) is 7.05 Å². The summed E-state index contributed by atoms with van der Waals surface area (Å²) in [6.45, 7) is 8.73. The number of carbonyl (C=O) groups is 1. The summed E-state index contributed by atoms with van der Waals surface area (Å²) in [6, 6.07) is 0.121. The Kier molecular flexibility index (Phi) is 5.19. The van der Waals surface area contributed by atoms with Gasteiger partial charge in [-0.15, -0.1) is 0 Å². The Morgan fingerprint density at radius 2 is 2.11 bits per heavy atom. The lowest BCUT2D eigenvalue weighted by Crippen LogP contribution is -2.41. The predicted molar refractivity (Wildman–Crippen MR) is 72.7 cm³/mol. The number of aryl methyl sites for hydroxylation is 2. The van der Waals surface area contributed by atoms with Crippen molar-refractivity contribution >= 4 is 6.03 Å². The van der Waals surface area contributed by atoms with E-state index in [0.29, 0.717) is 6.54 Å². The second-order valence-corrected chi connectivity index (χ2v) is 4.73. The summed E-state index contributed by atoms with van der Waals surface area (Å²) in [7, 11) is 1.94. The first-order valence-corrected chi connectivity index (χ1v) is 6.49. The minimum absolute atomic E-state index is 0.0939. The molecule has 0 aliphatic carbocycles. The third-order valence-corrected chi connectivity index (χ3v) is 3.31. The summed E-state index contributed by atoms with van der Waals surface area (Å²) in [6.07, 6.45) is 1.76. The quantitative estimate of drug-likeness (QED) is 0.837. The molecular formula is C13H24N4O. The van der Waals surface area contributed by atoms with Gasteiger partial charge in [-0.25, -0.2) is 4.79 Å². The second-order valence-electron chi connectivity index (χ2n) is 4.73. The first-order valence-electron chi connectivity index (χ1n) is 6.49. The number of amides is 2. The Hall–Kier alpha value is -1.52. The lowest BCUT2D eigenvalue weighted by Gasteiger charge is -2.12. The molecule has 0 aromatic carbocycles. The van der Waals surface area contributed by atoms with Crippen LogP contribution in [-0.2, 0) is 13.5 Å². The molecule has 1 aromatic heterocycles. The van der Waals surface area contributed by atoms with E-state index in [-0.39, 0.29) is 12.1 Å². The van der Waals surface area contributed by atoms with Crippen molar-refractivity contribution in [1.29, 1.82) is 0 Å². The Morgan fingerprint density at radius 1 is 1.44 bits per heavy atom. The molecule has 1 heterocycles. The van der Waals surface area contributed by atoms with Gasteiger partial charge in [-0.3, -0.25) is 4.68 Å². The van der Waals surface area contributed by atoms with Gasteiger partial charge in [0.1, 0.15) is 0 Å². The average Bonchev–Trinajstić information content (AvgIpc) is 2.55. The van der Waals surface area contributed by atoms with Crippen LogP contribution in [0.2, 0.25) is 0 Å². The van der Waals surface area contributed by atoms with Crippen LogP contribution in [0.25, 0.3) is 0 Å². The van der Waals surface area contributed by atoms with Gasteiger partial charge in [0.15, 0.2) is 0 Å². The number of aromatic nitrogens is 2. The number of rotatable bonds is 5. The first kappa shape index (κ1) is 14.5. The van der Waals surface area contributed by atoms with Crippen molar-refractivity contribution < 1.29 is 4.79 Å².